The lowest BCUT2D eigenvalue weighted by Crippen LogP contribution is -2.20. The van der Waals surface area contributed by atoms with E-state index in [1.165, 1.54) is 6.07 Å². The lowest BCUT2D eigenvalue weighted by molar-refractivity contribution is 0.0690. The molecule has 1 saturated heterocycles. The van der Waals surface area contributed by atoms with Gasteiger partial charge in [-0.3, -0.25) is 4.98 Å². The van der Waals surface area contributed by atoms with Gasteiger partial charge in [0, 0.05) is 25.4 Å². The SMILES string of the molecule is O=C(O)c1cc(N2CCCC2)nc(-c2ccccn2)n1. The molecule has 3 heterocycles. The zero-order valence-corrected chi connectivity index (χ0v) is 10.9. The molecule has 20 heavy (non-hydrogen) atoms. The maximum absolute atomic E-state index is 11.2. The van der Waals surface area contributed by atoms with Crippen LogP contribution in [0.15, 0.2) is 30.5 Å². The molecule has 0 aliphatic carbocycles. The summed E-state index contributed by atoms with van der Waals surface area (Å²) in [6, 6.07) is 6.93. The smallest absolute Gasteiger partial charge is 0.354 e. The first kappa shape index (κ1) is 12.5. The van der Waals surface area contributed by atoms with Crippen molar-refractivity contribution < 1.29 is 9.90 Å². The summed E-state index contributed by atoms with van der Waals surface area (Å²) < 4.78 is 0. The lowest BCUT2D eigenvalue weighted by atomic mass is 10.3. The van der Waals surface area contributed by atoms with Crippen LogP contribution in [0.25, 0.3) is 11.5 Å². The number of rotatable bonds is 3. The summed E-state index contributed by atoms with van der Waals surface area (Å²) in [4.78, 5) is 26.0. The quantitative estimate of drug-likeness (QED) is 0.916. The third kappa shape index (κ3) is 2.45. The van der Waals surface area contributed by atoms with E-state index in [9.17, 15) is 9.90 Å². The molecular weight excluding hydrogens is 256 g/mol. The minimum absolute atomic E-state index is 0.00236. The Bertz CT molecular complexity index is 624. The first-order valence-corrected chi connectivity index (χ1v) is 6.53. The Kier molecular flexibility index (Phi) is 3.28. The second kappa shape index (κ2) is 5.24. The maximum Gasteiger partial charge on any atom is 0.354 e. The fourth-order valence-corrected chi connectivity index (χ4v) is 2.26. The van der Waals surface area contributed by atoms with Gasteiger partial charge in [0.1, 0.15) is 11.5 Å². The maximum atomic E-state index is 11.2. The van der Waals surface area contributed by atoms with Crippen LogP contribution in [0.1, 0.15) is 23.3 Å². The largest absolute Gasteiger partial charge is 0.477 e. The highest BCUT2D eigenvalue weighted by atomic mass is 16.4. The molecule has 0 aromatic carbocycles. The average Bonchev–Trinajstić information content (AvgIpc) is 3.02. The van der Waals surface area contributed by atoms with Crippen LogP contribution < -0.4 is 4.90 Å². The molecule has 0 amide bonds. The molecule has 1 N–H and O–H groups in total. The standard InChI is InChI=1S/C14H14N4O2/c19-14(20)11-9-12(18-7-3-4-8-18)17-13(16-11)10-5-1-2-6-15-10/h1-2,5-6,9H,3-4,7-8H2,(H,19,20). The van der Waals surface area contributed by atoms with Gasteiger partial charge in [-0.2, -0.15) is 0 Å². The highest BCUT2D eigenvalue weighted by molar-refractivity contribution is 5.86. The van der Waals surface area contributed by atoms with E-state index in [4.69, 9.17) is 0 Å². The van der Waals surface area contributed by atoms with Crippen LogP contribution in [0, 0.1) is 0 Å². The van der Waals surface area contributed by atoms with E-state index in [0.29, 0.717) is 17.3 Å². The van der Waals surface area contributed by atoms with Gasteiger partial charge in [-0.15, -0.1) is 0 Å². The highest BCUT2D eigenvalue weighted by Gasteiger charge is 2.18. The third-order valence-corrected chi connectivity index (χ3v) is 3.26. The molecular formula is C14H14N4O2. The van der Waals surface area contributed by atoms with Crippen LogP contribution in [0.3, 0.4) is 0 Å². The van der Waals surface area contributed by atoms with Crippen LogP contribution in [0.5, 0.6) is 0 Å². The molecule has 2 aromatic heterocycles. The molecule has 1 aliphatic rings. The lowest BCUT2D eigenvalue weighted by Gasteiger charge is -2.17. The third-order valence-electron chi connectivity index (χ3n) is 3.26. The van der Waals surface area contributed by atoms with E-state index in [2.05, 4.69) is 19.9 Å². The molecule has 1 fully saturated rings. The van der Waals surface area contributed by atoms with Crippen LogP contribution in [0.4, 0.5) is 5.82 Å². The molecule has 0 bridgehead atoms. The minimum Gasteiger partial charge on any atom is -0.477 e. The van der Waals surface area contributed by atoms with Gasteiger partial charge in [-0.1, -0.05) is 6.07 Å². The summed E-state index contributed by atoms with van der Waals surface area (Å²) in [5.74, 6) is -0.0343. The molecule has 6 nitrogen and oxygen atoms in total. The summed E-state index contributed by atoms with van der Waals surface area (Å²) in [5, 5.41) is 9.19. The number of aromatic nitrogens is 3. The normalized spacial score (nSPS) is 14.5. The minimum atomic E-state index is -1.05. The van der Waals surface area contributed by atoms with Crippen molar-refractivity contribution in [3.05, 3.63) is 36.2 Å². The van der Waals surface area contributed by atoms with E-state index >= 15 is 0 Å². The van der Waals surface area contributed by atoms with Crippen molar-refractivity contribution >= 4 is 11.8 Å². The van der Waals surface area contributed by atoms with Crippen molar-refractivity contribution in [2.45, 2.75) is 12.8 Å². The number of aromatic carboxylic acids is 1. The fourth-order valence-electron chi connectivity index (χ4n) is 2.26. The van der Waals surface area contributed by atoms with Gasteiger partial charge in [-0.25, -0.2) is 14.8 Å². The Morgan fingerprint density at radius 3 is 2.65 bits per heavy atom. The van der Waals surface area contributed by atoms with E-state index < -0.39 is 5.97 Å². The Labute approximate surface area is 116 Å². The summed E-state index contributed by atoms with van der Waals surface area (Å²) in [6.07, 6.45) is 3.85. The second-order valence-electron chi connectivity index (χ2n) is 4.65. The topological polar surface area (TPSA) is 79.2 Å². The van der Waals surface area contributed by atoms with Gasteiger partial charge >= 0.3 is 5.97 Å². The van der Waals surface area contributed by atoms with Crippen molar-refractivity contribution in [1.82, 2.24) is 15.0 Å². The predicted molar refractivity (Wildman–Crippen MR) is 73.7 cm³/mol. The zero-order chi connectivity index (χ0) is 13.9. The number of pyridine rings is 1. The Morgan fingerprint density at radius 2 is 2.00 bits per heavy atom. The Hall–Kier alpha value is -2.50. The molecule has 102 valence electrons. The van der Waals surface area contributed by atoms with Gasteiger partial charge in [0.15, 0.2) is 11.5 Å². The van der Waals surface area contributed by atoms with Crippen molar-refractivity contribution in [2.24, 2.45) is 0 Å². The summed E-state index contributed by atoms with van der Waals surface area (Å²) >= 11 is 0. The number of carboxylic acid groups (broad SMARTS) is 1. The first-order valence-electron chi connectivity index (χ1n) is 6.53. The van der Waals surface area contributed by atoms with Crippen LogP contribution in [-0.4, -0.2) is 39.1 Å². The van der Waals surface area contributed by atoms with Crippen molar-refractivity contribution in [1.29, 1.82) is 0 Å². The van der Waals surface area contributed by atoms with Gasteiger partial charge < -0.3 is 10.0 Å². The number of nitrogens with zero attached hydrogens (tertiary/aromatic N) is 4. The van der Waals surface area contributed by atoms with Crippen molar-refractivity contribution in [3.63, 3.8) is 0 Å². The molecule has 0 spiro atoms. The average molecular weight is 270 g/mol. The number of anilines is 1. The monoisotopic (exact) mass is 270 g/mol. The van der Waals surface area contributed by atoms with Crippen molar-refractivity contribution in [2.75, 3.05) is 18.0 Å². The van der Waals surface area contributed by atoms with Gasteiger partial charge in [-0.05, 0) is 25.0 Å². The highest BCUT2D eigenvalue weighted by Crippen LogP contribution is 2.22. The molecule has 0 saturated carbocycles. The van der Waals surface area contributed by atoms with Crippen molar-refractivity contribution in [3.8, 4) is 11.5 Å². The Morgan fingerprint density at radius 1 is 1.20 bits per heavy atom. The molecule has 0 radical (unpaired) electrons. The number of carboxylic acids is 1. The molecule has 1 aliphatic heterocycles. The molecule has 0 unspecified atom stereocenters. The fraction of sp³-hybridized carbons (Fsp3) is 0.286. The van der Waals surface area contributed by atoms with E-state index in [0.717, 1.165) is 25.9 Å². The molecule has 2 aromatic rings. The van der Waals surface area contributed by atoms with E-state index in [1.807, 2.05) is 6.07 Å². The number of hydrogen-bond acceptors (Lipinski definition) is 5. The van der Waals surface area contributed by atoms with Gasteiger partial charge in [0.25, 0.3) is 0 Å². The number of carbonyl (C=O) groups is 1. The first-order chi connectivity index (χ1) is 9.74. The van der Waals surface area contributed by atoms with Crippen LogP contribution in [-0.2, 0) is 0 Å². The molecule has 3 rings (SSSR count). The summed E-state index contributed by atoms with van der Waals surface area (Å²) in [5.41, 5.74) is 0.582. The molecule has 0 atom stereocenters. The summed E-state index contributed by atoms with van der Waals surface area (Å²) in [7, 11) is 0. The number of hydrogen-bond donors (Lipinski definition) is 1. The summed E-state index contributed by atoms with van der Waals surface area (Å²) in [6.45, 7) is 1.80. The zero-order valence-electron chi connectivity index (χ0n) is 10.9. The van der Waals surface area contributed by atoms with E-state index in [1.54, 1.807) is 18.3 Å². The van der Waals surface area contributed by atoms with Gasteiger partial charge in [0.2, 0.25) is 0 Å². The Balaban J connectivity index is 2.07. The second-order valence-corrected chi connectivity index (χ2v) is 4.65. The predicted octanol–water partition coefficient (Wildman–Crippen LogP) is 1.84. The molecule has 6 heteroatoms. The van der Waals surface area contributed by atoms with E-state index in [-0.39, 0.29) is 5.69 Å². The van der Waals surface area contributed by atoms with Crippen LogP contribution >= 0.6 is 0 Å². The van der Waals surface area contributed by atoms with Crippen LogP contribution in [0.2, 0.25) is 0 Å². The van der Waals surface area contributed by atoms with Gasteiger partial charge in [0.05, 0.1) is 0 Å².